The summed E-state index contributed by atoms with van der Waals surface area (Å²) >= 11 is 0. The van der Waals surface area contributed by atoms with E-state index in [1.54, 1.807) is 4.90 Å². The van der Waals surface area contributed by atoms with Crippen LogP contribution in [0.15, 0.2) is 30.3 Å². The maximum atomic E-state index is 12.4. The van der Waals surface area contributed by atoms with Gasteiger partial charge in [-0.25, -0.2) is 4.79 Å². The molecule has 2 aliphatic rings. The molecule has 0 radical (unpaired) electrons. The number of hydrogen-bond acceptors (Lipinski definition) is 4. The first-order valence-corrected chi connectivity index (χ1v) is 8.14. The lowest BCUT2D eigenvalue weighted by atomic mass is 10.1. The van der Waals surface area contributed by atoms with Crippen molar-refractivity contribution in [2.45, 2.75) is 51.4 Å². The fourth-order valence-corrected chi connectivity index (χ4v) is 3.40. The SMILES string of the molecule is CC(C)(C)OC(=O)N1C2CC(=O)C1CN(Cc1ccccc1)C2. The maximum Gasteiger partial charge on any atom is 0.411 e. The Hall–Kier alpha value is -1.88. The normalized spacial score (nSPS) is 24.8. The number of carbonyl (C=O) groups excluding carboxylic acids is 2. The first-order valence-electron chi connectivity index (χ1n) is 8.14. The molecule has 5 heteroatoms. The molecule has 2 atom stereocenters. The quantitative estimate of drug-likeness (QED) is 0.841. The predicted molar refractivity (Wildman–Crippen MR) is 87.0 cm³/mol. The number of amides is 1. The van der Waals surface area contributed by atoms with Crippen molar-refractivity contribution in [1.82, 2.24) is 9.80 Å². The topological polar surface area (TPSA) is 49.9 Å². The van der Waals surface area contributed by atoms with Gasteiger partial charge in [0.05, 0.1) is 6.04 Å². The summed E-state index contributed by atoms with van der Waals surface area (Å²) in [6.45, 7) is 7.66. The number of likely N-dealkylation sites (tertiary alicyclic amines) is 1. The van der Waals surface area contributed by atoms with Crippen LogP contribution in [0.1, 0.15) is 32.8 Å². The zero-order valence-corrected chi connectivity index (χ0v) is 14.0. The number of ketones is 1. The molecule has 1 aromatic carbocycles. The largest absolute Gasteiger partial charge is 0.444 e. The Labute approximate surface area is 137 Å². The van der Waals surface area contributed by atoms with Crippen molar-refractivity contribution in [3.8, 4) is 0 Å². The summed E-state index contributed by atoms with van der Waals surface area (Å²) in [5.74, 6) is 0.149. The van der Waals surface area contributed by atoms with E-state index in [1.165, 1.54) is 5.56 Å². The fraction of sp³-hybridized carbons (Fsp3) is 0.556. The van der Waals surface area contributed by atoms with Crippen LogP contribution < -0.4 is 0 Å². The standard InChI is InChI=1S/C18H24N2O3/c1-18(2,3)23-17(22)20-14-9-16(21)15(20)12-19(11-14)10-13-7-5-4-6-8-13/h4-8,14-15H,9-12H2,1-3H3. The summed E-state index contributed by atoms with van der Waals surface area (Å²) in [6, 6.07) is 9.77. The molecule has 1 amide bonds. The molecule has 2 bridgehead atoms. The molecule has 2 fully saturated rings. The highest BCUT2D eigenvalue weighted by molar-refractivity contribution is 5.92. The van der Waals surface area contributed by atoms with E-state index in [4.69, 9.17) is 4.74 Å². The number of benzene rings is 1. The van der Waals surface area contributed by atoms with E-state index in [1.807, 2.05) is 39.0 Å². The summed E-state index contributed by atoms with van der Waals surface area (Å²) in [5.41, 5.74) is 0.686. The molecular weight excluding hydrogens is 292 g/mol. The molecule has 0 spiro atoms. The van der Waals surface area contributed by atoms with Crippen molar-refractivity contribution < 1.29 is 14.3 Å². The molecule has 3 rings (SSSR count). The van der Waals surface area contributed by atoms with E-state index in [0.29, 0.717) is 13.0 Å². The average molecular weight is 316 g/mol. The second-order valence-electron chi connectivity index (χ2n) is 7.41. The van der Waals surface area contributed by atoms with Gasteiger partial charge < -0.3 is 4.74 Å². The van der Waals surface area contributed by atoms with Gasteiger partial charge in [-0.15, -0.1) is 0 Å². The minimum absolute atomic E-state index is 0.0696. The van der Waals surface area contributed by atoms with Gasteiger partial charge in [-0.1, -0.05) is 30.3 Å². The molecule has 0 aliphatic carbocycles. The molecule has 2 aliphatic heterocycles. The monoisotopic (exact) mass is 316 g/mol. The van der Waals surface area contributed by atoms with Gasteiger partial charge in [0.15, 0.2) is 5.78 Å². The van der Waals surface area contributed by atoms with Gasteiger partial charge in [0.1, 0.15) is 11.6 Å². The highest BCUT2D eigenvalue weighted by Crippen LogP contribution is 2.30. The third-order valence-corrected chi connectivity index (χ3v) is 4.29. The Balaban J connectivity index is 1.69. The maximum absolute atomic E-state index is 12.4. The predicted octanol–water partition coefficient (Wildman–Crippen LogP) is 2.45. The van der Waals surface area contributed by atoms with Gasteiger partial charge in [0, 0.05) is 26.1 Å². The van der Waals surface area contributed by atoms with Gasteiger partial charge in [0.25, 0.3) is 0 Å². The summed E-state index contributed by atoms with van der Waals surface area (Å²) in [5, 5.41) is 0. The number of ether oxygens (including phenoxy) is 1. The van der Waals surface area contributed by atoms with Crippen LogP contribution in [0.25, 0.3) is 0 Å². The second kappa shape index (κ2) is 5.96. The molecule has 0 aromatic heterocycles. The molecule has 2 heterocycles. The van der Waals surface area contributed by atoms with E-state index in [9.17, 15) is 9.59 Å². The Morgan fingerprint density at radius 3 is 2.52 bits per heavy atom. The van der Waals surface area contributed by atoms with Crippen LogP contribution in [-0.2, 0) is 16.1 Å². The van der Waals surface area contributed by atoms with E-state index < -0.39 is 5.60 Å². The molecule has 23 heavy (non-hydrogen) atoms. The van der Waals surface area contributed by atoms with Gasteiger partial charge in [-0.05, 0) is 26.3 Å². The second-order valence-corrected chi connectivity index (χ2v) is 7.41. The van der Waals surface area contributed by atoms with Crippen molar-refractivity contribution in [3.05, 3.63) is 35.9 Å². The molecule has 5 nitrogen and oxygen atoms in total. The lowest BCUT2D eigenvalue weighted by molar-refractivity contribution is -0.120. The Morgan fingerprint density at radius 1 is 1.22 bits per heavy atom. The number of piperazine rings is 1. The highest BCUT2D eigenvalue weighted by Gasteiger charge is 2.49. The van der Waals surface area contributed by atoms with Crippen LogP contribution in [0.3, 0.4) is 0 Å². The van der Waals surface area contributed by atoms with Crippen molar-refractivity contribution in [2.75, 3.05) is 13.1 Å². The van der Waals surface area contributed by atoms with E-state index >= 15 is 0 Å². The summed E-state index contributed by atoms with van der Waals surface area (Å²) in [6.07, 6.45) is 0.0765. The van der Waals surface area contributed by atoms with Crippen LogP contribution in [0, 0.1) is 0 Å². The van der Waals surface area contributed by atoms with Crippen molar-refractivity contribution >= 4 is 11.9 Å². The number of rotatable bonds is 2. The van der Waals surface area contributed by atoms with Crippen molar-refractivity contribution in [3.63, 3.8) is 0 Å². The molecule has 2 unspecified atom stereocenters. The van der Waals surface area contributed by atoms with E-state index in [-0.39, 0.29) is 24.0 Å². The minimum atomic E-state index is -0.541. The van der Waals surface area contributed by atoms with Crippen LogP contribution in [0.5, 0.6) is 0 Å². The smallest absolute Gasteiger partial charge is 0.411 e. The van der Waals surface area contributed by atoms with Crippen LogP contribution in [-0.4, -0.2) is 52.5 Å². The average Bonchev–Trinajstić information content (AvgIpc) is 2.65. The Morgan fingerprint density at radius 2 is 1.91 bits per heavy atom. The number of carbonyl (C=O) groups is 2. The third kappa shape index (κ3) is 3.55. The summed E-state index contributed by atoms with van der Waals surface area (Å²) in [4.78, 5) is 28.6. The molecule has 124 valence electrons. The molecular formula is C18H24N2O3. The third-order valence-electron chi connectivity index (χ3n) is 4.29. The lowest BCUT2D eigenvalue weighted by Gasteiger charge is -2.40. The fourth-order valence-electron chi connectivity index (χ4n) is 3.40. The molecule has 0 N–H and O–H groups in total. The molecule has 0 saturated carbocycles. The number of Topliss-reactive ketones (excluding diaryl/α,β-unsaturated/α-hetero) is 1. The van der Waals surface area contributed by atoms with Crippen LogP contribution in [0.4, 0.5) is 4.79 Å². The molecule has 2 saturated heterocycles. The van der Waals surface area contributed by atoms with E-state index in [2.05, 4.69) is 17.0 Å². The lowest BCUT2D eigenvalue weighted by Crippen LogP contribution is -2.57. The summed E-state index contributed by atoms with van der Waals surface area (Å²) in [7, 11) is 0. The Kier molecular flexibility index (Phi) is 4.15. The minimum Gasteiger partial charge on any atom is -0.444 e. The van der Waals surface area contributed by atoms with E-state index in [0.717, 1.165) is 13.1 Å². The van der Waals surface area contributed by atoms with Gasteiger partial charge in [0.2, 0.25) is 0 Å². The van der Waals surface area contributed by atoms with Crippen molar-refractivity contribution in [2.24, 2.45) is 0 Å². The molecule has 1 aromatic rings. The van der Waals surface area contributed by atoms with Gasteiger partial charge in [-0.2, -0.15) is 0 Å². The van der Waals surface area contributed by atoms with Gasteiger partial charge >= 0.3 is 6.09 Å². The summed E-state index contributed by atoms with van der Waals surface area (Å²) < 4.78 is 5.48. The first-order chi connectivity index (χ1) is 10.8. The number of nitrogens with zero attached hydrogens (tertiary/aromatic N) is 2. The zero-order valence-electron chi connectivity index (χ0n) is 14.0. The first kappa shape index (κ1) is 16.0. The van der Waals surface area contributed by atoms with Gasteiger partial charge in [-0.3, -0.25) is 14.6 Å². The van der Waals surface area contributed by atoms with Crippen LogP contribution in [0.2, 0.25) is 0 Å². The zero-order chi connectivity index (χ0) is 16.6. The number of fused-ring (bicyclic) bond motifs is 2. The van der Waals surface area contributed by atoms with Crippen LogP contribution >= 0.6 is 0 Å². The Bertz CT molecular complexity index is 594. The highest BCUT2D eigenvalue weighted by atomic mass is 16.6. The number of hydrogen-bond donors (Lipinski definition) is 0. The van der Waals surface area contributed by atoms with Crippen molar-refractivity contribution in [1.29, 1.82) is 0 Å².